The summed E-state index contributed by atoms with van der Waals surface area (Å²) in [4.78, 5) is 22.9. The van der Waals surface area contributed by atoms with E-state index in [0.717, 1.165) is 44.9 Å². The molecule has 0 aliphatic rings. The molecule has 0 fully saturated rings. The highest BCUT2D eigenvalue weighted by Gasteiger charge is 2.03. The molecule has 0 aliphatic carbocycles. The molecule has 0 amide bonds. The van der Waals surface area contributed by atoms with Crippen molar-refractivity contribution in [2.24, 2.45) is 0 Å². The second-order valence-corrected chi connectivity index (χ2v) is 8.38. The molecule has 0 unspecified atom stereocenters. The van der Waals surface area contributed by atoms with Crippen molar-refractivity contribution in [2.45, 2.75) is 71.6 Å². The maximum atomic E-state index is 11.5. The second-order valence-electron chi connectivity index (χ2n) is 8.38. The Kier molecular flexibility index (Phi) is 29.8. The summed E-state index contributed by atoms with van der Waals surface area (Å²) in [6.45, 7) is 10.3. The Hall–Kier alpha value is -1.30. The van der Waals surface area contributed by atoms with Crippen LogP contribution < -0.4 is 0 Å². The van der Waals surface area contributed by atoms with Gasteiger partial charge in [-0.15, -0.1) is 0 Å². The monoisotopic (exact) mass is 536 g/mol. The van der Waals surface area contributed by atoms with Gasteiger partial charge < -0.3 is 37.9 Å². The molecule has 0 aromatic heterocycles. The Balaban J connectivity index is 3.13. The van der Waals surface area contributed by atoms with Gasteiger partial charge in [0.25, 0.3) is 0 Å². The standard InChI is InChI=1S/C27H52O10/c1-3-5-7-9-11-27(29)37-25-23-35-21-19-33-17-15-31-13-12-30-14-16-32-18-20-34-22-24-36-26(28)10-8-6-4-2/h3-25H2,1-2H3. The van der Waals surface area contributed by atoms with E-state index in [1.807, 2.05) is 0 Å². The topological polar surface area (TPSA) is 108 Å². The van der Waals surface area contributed by atoms with E-state index in [4.69, 9.17) is 37.9 Å². The number of unbranched alkanes of at least 4 members (excludes halogenated alkanes) is 5. The van der Waals surface area contributed by atoms with Crippen LogP contribution >= 0.6 is 0 Å². The van der Waals surface area contributed by atoms with Gasteiger partial charge in [0.15, 0.2) is 0 Å². The van der Waals surface area contributed by atoms with Crippen molar-refractivity contribution in [2.75, 3.05) is 92.5 Å². The SMILES string of the molecule is CCCCCCC(=O)OCCOCCOCCOCCOCCOCCOCCOC(=O)CCCCC. The van der Waals surface area contributed by atoms with Gasteiger partial charge in [-0.25, -0.2) is 0 Å². The van der Waals surface area contributed by atoms with Crippen molar-refractivity contribution >= 4 is 11.9 Å². The number of carbonyl (C=O) groups excluding carboxylic acids is 2. The summed E-state index contributed by atoms with van der Waals surface area (Å²) >= 11 is 0. The smallest absolute Gasteiger partial charge is 0.305 e. The highest BCUT2D eigenvalue weighted by molar-refractivity contribution is 5.69. The summed E-state index contributed by atoms with van der Waals surface area (Å²) in [5.41, 5.74) is 0. The van der Waals surface area contributed by atoms with Gasteiger partial charge in [0.05, 0.1) is 79.3 Å². The lowest BCUT2D eigenvalue weighted by Crippen LogP contribution is -2.15. The number of carbonyl (C=O) groups is 2. The fourth-order valence-electron chi connectivity index (χ4n) is 2.99. The van der Waals surface area contributed by atoms with E-state index < -0.39 is 0 Å². The van der Waals surface area contributed by atoms with Crippen LogP contribution in [-0.4, -0.2) is 104 Å². The molecule has 0 aromatic carbocycles. The summed E-state index contributed by atoms with van der Waals surface area (Å²) in [6.07, 6.45) is 8.26. The summed E-state index contributed by atoms with van der Waals surface area (Å²) < 4.78 is 42.6. The van der Waals surface area contributed by atoms with Gasteiger partial charge >= 0.3 is 11.9 Å². The highest BCUT2D eigenvalue weighted by Crippen LogP contribution is 2.03. The Morgan fingerprint density at radius 2 is 0.649 bits per heavy atom. The number of rotatable bonds is 30. The molecule has 10 nitrogen and oxygen atoms in total. The van der Waals surface area contributed by atoms with E-state index in [9.17, 15) is 9.59 Å². The average molecular weight is 537 g/mol. The Morgan fingerprint density at radius 1 is 0.378 bits per heavy atom. The van der Waals surface area contributed by atoms with Crippen LogP contribution in [0.4, 0.5) is 0 Å². The van der Waals surface area contributed by atoms with Crippen LogP contribution in [0.2, 0.25) is 0 Å². The third kappa shape index (κ3) is 30.8. The third-order valence-electron chi connectivity index (χ3n) is 5.06. The molecule has 0 bridgehead atoms. The quantitative estimate of drug-likeness (QED) is 0.0995. The van der Waals surface area contributed by atoms with Gasteiger partial charge in [-0.1, -0.05) is 46.0 Å². The maximum absolute atomic E-state index is 11.5. The zero-order chi connectivity index (χ0) is 27.1. The molecule has 0 N–H and O–H groups in total. The van der Waals surface area contributed by atoms with Crippen LogP contribution in [0, 0.1) is 0 Å². The molecule has 0 saturated heterocycles. The minimum absolute atomic E-state index is 0.153. The second kappa shape index (κ2) is 30.9. The normalized spacial score (nSPS) is 11.1. The molecule has 0 rings (SSSR count). The van der Waals surface area contributed by atoms with Gasteiger partial charge in [0.1, 0.15) is 13.2 Å². The van der Waals surface area contributed by atoms with Crippen LogP contribution in [0.25, 0.3) is 0 Å². The molecule has 0 radical (unpaired) electrons. The first-order valence-corrected chi connectivity index (χ1v) is 14.0. The van der Waals surface area contributed by atoms with Gasteiger partial charge in [-0.3, -0.25) is 9.59 Å². The van der Waals surface area contributed by atoms with Gasteiger partial charge in [0.2, 0.25) is 0 Å². The molecule has 0 spiro atoms. The fourth-order valence-corrected chi connectivity index (χ4v) is 2.99. The van der Waals surface area contributed by atoms with Gasteiger partial charge in [-0.05, 0) is 12.8 Å². The van der Waals surface area contributed by atoms with E-state index in [1.165, 1.54) is 0 Å². The first kappa shape index (κ1) is 35.7. The van der Waals surface area contributed by atoms with Crippen LogP contribution in [0.1, 0.15) is 71.6 Å². The number of esters is 2. The Labute approximate surface area is 223 Å². The van der Waals surface area contributed by atoms with E-state index in [-0.39, 0.29) is 25.2 Å². The predicted octanol–water partition coefficient (Wildman–Crippen LogP) is 3.72. The molecular formula is C27H52O10. The summed E-state index contributed by atoms with van der Waals surface area (Å²) in [5, 5.41) is 0. The predicted molar refractivity (Wildman–Crippen MR) is 140 cm³/mol. The van der Waals surface area contributed by atoms with Crippen molar-refractivity contribution in [3.8, 4) is 0 Å². The summed E-state index contributed by atoms with van der Waals surface area (Å²) in [7, 11) is 0. The molecule has 0 atom stereocenters. The van der Waals surface area contributed by atoms with Crippen LogP contribution in [0.5, 0.6) is 0 Å². The summed E-state index contributed by atoms with van der Waals surface area (Å²) in [5.74, 6) is -0.313. The average Bonchev–Trinajstić information content (AvgIpc) is 2.89. The zero-order valence-corrected chi connectivity index (χ0v) is 23.3. The lowest BCUT2D eigenvalue weighted by Gasteiger charge is -2.09. The largest absolute Gasteiger partial charge is 0.463 e. The molecule has 10 heteroatoms. The van der Waals surface area contributed by atoms with Gasteiger partial charge in [-0.2, -0.15) is 0 Å². The number of hydrogen-bond acceptors (Lipinski definition) is 10. The van der Waals surface area contributed by atoms with Crippen molar-refractivity contribution in [3.05, 3.63) is 0 Å². The molecule has 220 valence electrons. The maximum Gasteiger partial charge on any atom is 0.305 e. The Bertz CT molecular complexity index is 490. The van der Waals surface area contributed by atoms with Gasteiger partial charge in [0, 0.05) is 12.8 Å². The minimum atomic E-state index is -0.160. The minimum Gasteiger partial charge on any atom is -0.463 e. The van der Waals surface area contributed by atoms with Crippen molar-refractivity contribution in [1.29, 1.82) is 0 Å². The molecule has 37 heavy (non-hydrogen) atoms. The van der Waals surface area contributed by atoms with Crippen LogP contribution in [-0.2, 0) is 47.5 Å². The first-order chi connectivity index (χ1) is 18.2. The van der Waals surface area contributed by atoms with E-state index in [1.54, 1.807) is 0 Å². The van der Waals surface area contributed by atoms with E-state index in [0.29, 0.717) is 92.1 Å². The Morgan fingerprint density at radius 3 is 0.973 bits per heavy atom. The van der Waals surface area contributed by atoms with E-state index in [2.05, 4.69) is 13.8 Å². The van der Waals surface area contributed by atoms with Crippen LogP contribution in [0.15, 0.2) is 0 Å². The van der Waals surface area contributed by atoms with Crippen LogP contribution in [0.3, 0.4) is 0 Å². The highest BCUT2D eigenvalue weighted by atomic mass is 16.6. The third-order valence-corrected chi connectivity index (χ3v) is 5.06. The molecule has 0 saturated carbocycles. The van der Waals surface area contributed by atoms with Crippen molar-refractivity contribution in [3.63, 3.8) is 0 Å². The number of ether oxygens (including phenoxy) is 8. The summed E-state index contributed by atoms with van der Waals surface area (Å²) in [6, 6.07) is 0. The molecule has 0 aliphatic heterocycles. The fraction of sp³-hybridized carbons (Fsp3) is 0.926. The zero-order valence-electron chi connectivity index (χ0n) is 23.3. The van der Waals surface area contributed by atoms with Crippen molar-refractivity contribution in [1.82, 2.24) is 0 Å². The molecule has 0 aromatic rings. The molecular weight excluding hydrogens is 484 g/mol. The lowest BCUT2D eigenvalue weighted by atomic mass is 10.2. The molecule has 0 heterocycles. The van der Waals surface area contributed by atoms with E-state index >= 15 is 0 Å². The number of hydrogen-bond donors (Lipinski definition) is 0. The van der Waals surface area contributed by atoms with Crippen molar-refractivity contribution < 1.29 is 47.5 Å². The lowest BCUT2D eigenvalue weighted by molar-refractivity contribution is -0.146. The first-order valence-electron chi connectivity index (χ1n) is 14.0.